The highest BCUT2D eigenvalue weighted by Crippen LogP contribution is 2.33. The summed E-state index contributed by atoms with van der Waals surface area (Å²) < 4.78 is 0. The molecular weight excluding hydrogens is 262 g/mol. The largest absolute Gasteiger partial charge is 0.330 e. The molecule has 0 fully saturated rings. The van der Waals surface area contributed by atoms with Crippen LogP contribution in [-0.4, -0.2) is 23.0 Å². The van der Waals surface area contributed by atoms with Gasteiger partial charge in [0.25, 0.3) is 0 Å². The zero-order valence-corrected chi connectivity index (χ0v) is 11.1. The highest BCUT2D eigenvalue weighted by atomic mass is 35.5. The topological polar surface area (TPSA) is 36.4 Å². The Morgan fingerprint density at radius 2 is 2.11 bits per heavy atom. The maximum Gasteiger partial charge on any atom is 0.330 e. The SMILES string of the molecule is CN1Cc2cccnc2N(c2cccc(Cl)c2)C1=O. The van der Waals surface area contributed by atoms with Crippen LogP contribution in [0.1, 0.15) is 5.56 Å². The summed E-state index contributed by atoms with van der Waals surface area (Å²) in [5.41, 5.74) is 1.74. The number of nitrogens with zero attached hydrogens (tertiary/aromatic N) is 3. The molecule has 1 aromatic heterocycles. The second kappa shape index (κ2) is 4.55. The first-order valence-electron chi connectivity index (χ1n) is 5.91. The lowest BCUT2D eigenvalue weighted by molar-refractivity contribution is 0.213. The summed E-state index contributed by atoms with van der Waals surface area (Å²) in [6.45, 7) is 0.569. The summed E-state index contributed by atoms with van der Waals surface area (Å²) in [6.07, 6.45) is 1.69. The van der Waals surface area contributed by atoms with Gasteiger partial charge in [0.1, 0.15) is 5.82 Å². The van der Waals surface area contributed by atoms with Crippen LogP contribution in [0.3, 0.4) is 0 Å². The van der Waals surface area contributed by atoms with Crippen LogP contribution in [0.5, 0.6) is 0 Å². The van der Waals surface area contributed by atoms with E-state index in [4.69, 9.17) is 11.6 Å². The number of hydrogen-bond donors (Lipinski definition) is 0. The van der Waals surface area contributed by atoms with Crippen LogP contribution in [0.25, 0.3) is 0 Å². The minimum absolute atomic E-state index is 0.103. The van der Waals surface area contributed by atoms with Gasteiger partial charge in [-0.25, -0.2) is 14.7 Å². The Bertz CT molecular complexity index is 644. The van der Waals surface area contributed by atoms with Crippen LogP contribution in [0.15, 0.2) is 42.6 Å². The summed E-state index contributed by atoms with van der Waals surface area (Å²) in [4.78, 5) is 19.9. The van der Waals surface area contributed by atoms with Crippen LogP contribution in [0.2, 0.25) is 5.02 Å². The predicted molar refractivity (Wildman–Crippen MR) is 74.7 cm³/mol. The number of anilines is 2. The Morgan fingerprint density at radius 3 is 2.89 bits per heavy atom. The molecule has 2 heterocycles. The number of pyridine rings is 1. The van der Waals surface area contributed by atoms with Gasteiger partial charge in [0.2, 0.25) is 0 Å². The average Bonchev–Trinajstić information content (AvgIpc) is 2.40. The van der Waals surface area contributed by atoms with Crippen molar-refractivity contribution in [3.63, 3.8) is 0 Å². The Kier molecular flexibility index (Phi) is 2.87. The molecule has 96 valence electrons. The van der Waals surface area contributed by atoms with E-state index in [2.05, 4.69) is 4.98 Å². The fourth-order valence-corrected chi connectivity index (χ4v) is 2.37. The van der Waals surface area contributed by atoms with E-state index in [9.17, 15) is 4.79 Å². The molecule has 2 amide bonds. The van der Waals surface area contributed by atoms with Crippen LogP contribution < -0.4 is 4.90 Å². The van der Waals surface area contributed by atoms with Gasteiger partial charge in [0, 0.05) is 23.8 Å². The minimum atomic E-state index is -0.103. The van der Waals surface area contributed by atoms with Gasteiger partial charge in [-0.1, -0.05) is 23.7 Å². The van der Waals surface area contributed by atoms with Crippen molar-refractivity contribution in [3.05, 3.63) is 53.2 Å². The number of urea groups is 1. The lowest BCUT2D eigenvalue weighted by Gasteiger charge is -2.34. The van der Waals surface area contributed by atoms with E-state index < -0.39 is 0 Å². The normalized spacial score (nSPS) is 14.5. The number of hydrogen-bond acceptors (Lipinski definition) is 2. The highest BCUT2D eigenvalue weighted by Gasteiger charge is 2.30. The van der Waals surface area contributed by atoms with Gasteiger partial charge in [-0.3, -0.25) is 0 Å². The molecule has 0 saturated heterocycles. The number of aromatic nitrogens is 1. The molecule has 0 atom stereocenters. The Hall–Kier alpha value is -2.07. The van der Waals surface area contributed by atoms with Crippen molar-refractivity contribution in [1.29, 1.82) is 0 Å². The number of halogens is 1. The van der Waals surface area contributed by atoms with E-state index in [-0.39, 0.29) is 6.03 Å². The number of fused-ring (bicyclic) bond motifs is 1. The van der Waals surface area contributed by atoms with Gasteiger partial charge in [-0.15, -0.1) is 0 Å². The second-order valence-corrected chi connectivity index (χ2v) is 4.88. The first-order chi connectivity index (χ1) is 9.16. The number of rotatable bonds is 1. The van der Waals surface area contributed by atoms with Gasteiger partial charge < -0.3 is 4.90 Å². The molecule has 0 aliphatic carbocycles. The number of amides is 2. The third-order valence-electron chi connectivity index (χ3n) is 3.07. The molecule has 0 bridgehead atoms. The van der Waals surface area contributed by atoms with E-state index in [1.807, 2.05) is 24.3 Å². The van der Waals surface area contributed by atoms with Gasteiger partial charge in [0.05, 0.1) is 12.2 Å². The molecule has 2 aromatic rings. The predicted octanol–water partition coefficient (Wildman–Crippen LogP) is 3.44. The molecule has 3 rings (SSSR count). The summed E-state index contributed by atoms with van der Waals surface area (Å²) in [5.74, 6) is 0.674. The molecule has 1 aliphatic rings. The lowest BCUT2D eigenvalue weighted by Crippen LogP contribution is -2.42. The van der Waals surface area contributed by atoms with E-state index >= 15 is 0 Å². The maximum absolute atomic E-state index is 12.4. The molecule has 1 aromatic carbocycles. The van der Waals surface area contributed by atoms with Crippen molar-refractivity contribution in [2.45, 2.75) is 6.54 Å². The monoisotopic (exact) mass is 273 g/mol. The molecule has 19 heavy (non-hydrogen) atoms. The fraction of sp³-hybridized carbons (Fsp3) is 0.143. The van der Waals surface area contributed by atoms with Crippen molar-refractivity contribution in [2.24, 2.45) is 0 Å². The van der Waals surface area contributed by atoms with Crippen molar-refractivity contribution in [1.82, 2.24) is 9.88 Å². The average molecular weight is 274 g/mol. The van der Waals surface area contributed by atoms with E-state index in [0.29, 0.717) is 17.4 Å². The molecule has 0 spiro atoms. The van der Waals surface area contributed by atoms with E-state index in [0.717, 1.165) is 11.3 Å². The van der Waals surface area contributed by atoms with E-state index in [1.165, 1.54) is 0 Å². The molecular formula is C14H12ClN3O. The van der Waals surface area contributed by atoms with Crippen LogP contribution in [0.4, 0.5) is 16.3 Å². The van der Waals surface area contributed by atoms with Crippen LogP contribution >= 0.6 is 11.6 Å². The van der Waals surface area contributed by atoms with Crippen LogP contribution in [-0.2, 0) is 6.54 Å². The first-order valence-corrected chi connectivity index (χ1v) is 6.29. The molecule has 0 N–H and O–H groups in total. The quantitative estimate of drug-likeness (QED) is 0.798. The molecule has 1 aliphatic heterocycles. The molecule has 0 radical (unpaired) electrons. The third kappa shape index (κ3) is 2.04. The zero-order valence-electron chi connectivity index (χ0n) is 10.4. The maximum atomic E-state index is 12.4. The third-order valence-corrected chi connectivity index (χ3v) is 3.31. The standard InChI is InChI=1S/C14H12ClN3O/c1-17-9-10-4-3-7-16-13(10)18(14(17)19)12-6-2-5-11(15)8-12/h2-8H,9H2,1H3. The second-order valence-electron chi connectivity index (χ2n) is 4.44. The summed E-state index contributed by atoms with van der Waals surface area (Å²) in [5, 5.41) is 0.594. The number of benzene rings is 1. The lowest BCUT2D eigenvalue weighted by atomic mass is 10.1. The highest BCUT2D eigenvalue weighted by molar-refractivity contribution is 6.31. The van der Waals surface area contributed by atoms with Crippen molar-refractivity contribution in [2.75, 3.05) is 11.9 Å². The van der Waals surface area contributed by atoms with E-state index in [1.54, 1.807) is 35.2 Å². The first kappa shape index (κ1) is 12.0. The molecule has 4 nitrogen and oxygen atoms in total. The van der Waals surface area contributed by atoms with Gasteiger partial charge >= 0.3 is 6.03 Å². The summed E-state index contributed by atoms with van der Waals surface area (Å²) in [6, 6.07) is 11.0. The van der Waals surface area contributed by atoms with Crippen molar-refractivity contribution in [3.8, 4) is 0 Å². The molecule has 0 unspecified atom stereocenters. The summed E-state index contributed by atoms with van der Waals surface area (Å²) in [7, 11) is 1.77. The fourth-order valence-electron chi connectivity index (χ4n) is 2.19. The van der Waals surface area contributed by atoms with Crippen molar-refractivity contribution < 1.29 is 4.79 Å². The number of carbonyl (C=O) groups excluding carboxylic acids is 1. The number of carbonyl (C=O) groups is 1. The summed E-state index contributed by atoms with van der Waals surface area (Å²) >= 11 is 6.00. The Balaban J connectivity index is 2.16. The Labute approximate surface area is 116 Å². The molecule has 5 heteroatoms. The molecule has 0 saturated carbocycles. The van der Waals surface area contributed by atoms with Crippen molar-refractivity contribution >= 4 is 29.1 Å². The minimum Gasteiger partial charge on any atom is -0.323 e. The Morgan fingerprint density at radius 1 is 1.26 bits per heavy atom. The smallest absolute Gasteiger partial charge is 0.323 e. The van der Waals surface area contributed by atoms with Gasteiger partial charge in [-0.2, -0.15) is 0 Å². The van der Waals surface area contributed by atoms with Gasteiger partial charge in [0.15, 0.2) is 0 Å². The van der Waals surface area contributed by atoms with Gasteiger partial charge in [-0.05, 0) is 24.3 Å². The zero-order chi connectivity index (χ0) is 13.4. The van der Waals surface area contributed by atoms with Crippen LogP contribution in [0, 0.1) is 0 Å².